The molecule has 0 radical (unpaired) electrons. The van der Waals surface area contributed by atoms with Gasteiger partial charge in [0.05, 0.1) is 24.5 Å². The summed E-state index contributed by atoms with van der Waals surface area (Å²) in [6, 6.07) is 3.91. The van der Waals surface area contributed by atoms with Gasteiger partial charge in [-0.15, -0.1) is 0 Å². The quantitative estimate of drug-likeness (QED) is 0.754. The second-order valence-corrected chi connectivity index (χ2v) is 2.69. The summed E-state index contributed by atoms with van der Waals surface area (Å²) in [5.41, 5.74) is 3.11. The zero-order valence-electron chi connectivity index (χ0n) is 9.09. The van der Waals surface area contributed by atoms with E-state index in [0.29, 0.717) is 0 Å². The summed E-state index contributed by atoms with van der Waals surface area (Å²) in [5.74, 6) is 0.884. The molecule has 0 aliphatic carbocycles. The Kier molecular flexibility index (Phi) is 3.51. The number of imidazole rings is 1. The van der Waals surface area contributed by atoms with Gasteiger partial charge in [0.1, 0.15) is 5.75 Å². The van der Waals surface area contributed by atoms with Gasteiger partial charge in [-0.2, -0.15) is 0 Å². The lowest BCUT2D eigenvalue weighted by Crippen LogP contribution is -1.87. The number of hydrogen-bond donors (Lipinski definition) is 1. The number of aromatic nitrogens is 2. The van der Waals surface area contributed by atoms with Crippen LogP contribution in [0.1, 0.15) is 19.4 Å². The molecule has 2 aromatic rings. The number of H-pyrrole nitrogens is 1. The van der Waals surface area contributed by atoms with Crippen LogP contribution in [0.3, 0.4) is 0 Å². The third kappa shape index (κ3) is 1.71. The Bertz CT molecular complexity index is 407. The van der Waals surface area contributed by atoms with E-state index < -0.39 is 0 Å². The van der Waals surface area contributed by atoms with Gasteiger partial charge in [0.15, 0.2) is 0 Å². The van der Waals surface area contributed by atoms with Crippen LogP contribution in [0, 0.1) is 6.92 Å². The zero-order chi connectivity index (χ0) is 10.6. The van der Waals surface area contributed by atoms with E-state index in [1.54, 1.807) is 13.4 Å². The highest BCUT2D eigenvalue weighted by atomic mass is 16.5. The van der Waals surface area contributed by atoms with Crippen molar-refractivity contribution in [3.05, 3.63) is 24.0 Å². The Balaban J connectivity index is 0.000000461. The molecule has 0 spiro atoms. The summed E-state index contributed by atoms with van der Waals surface area (Å²) in [6.07, 6.45) is 1.69. The van der Waals surface area contributed by atoms with Gasteiger partial charge in [0.25, 0.3) is 0 Å². The highest BCUT2D eigenvalue weighted by Crippen LogP contribution is 2.23. The Hall–Kier alpha value is -1.51. The van der Waals surface area contributed by atoms with Crippen molar-refractivity contribution in [3.63, 3.8) is 0 Å². The molecule has 14 heavy (non-hydrogen) atoms. The number of fused-ring (bicyclic) bond motifs is 1. The van der Waals surface area contributed by atoms with Crippen LogP contribution >= 0.6 is 0 Å². The van der Waals surface area contributed by atoms with E-state index in [1.165, 1.54) is 0 Å². The molecule has 1 N–H and O–H groups in total. The van der Waals surface area contributed by atoms with E-state index in [0.717, 1.165) is 22.3 Å². The van der Waals surface area contributed by atoms with Crippen LogP contribution < -0.4 is 4.74 Å². The number of hydrogen-bond acceptors (Lipinski definition) is 2. The van der Waals surface area contributed by atoms with Gasteiger partial charge in [-0.05, 0) is 19.1 Å². The first-order valence-corrected chi connectivity index (χ1v) is 4.79. The first-order chi connectivity index (χ1) is 6.83. The molecular formula is C11H16N2O. The largest absolute Gasteiger partial charge is 0.496 e. The van der Waals surface area contributed by atoms with Gasteiger partial charge >= 0.3 is 0 Å². The van der Waals surface area contributed by atoms with Crippen LogP contribution in [0.4, 0.5) is 0 Å². The minimum absolute atomic E-state index is 0.884. The van der Waals surface area contributed by atoms with E-state index in [4.69, 9.17) is 4.74 Å². The van der Waals surface area contributed by atoms with Crippen molar-refractivity contribution in [3.8, 4) is 5.75 Å². The smallest absolute Gasteiger partial charge is 0.124 e. The maximum Gasteiger partial charge on any atom is 0.124 e. The van der Waals surface area contributed by atoms with Crippen molar-refractivity contribution >= 4 is 11.0 Å². The average molecular weight is 192 g/mol. The van der Waals surface area contributed by atoms with Gasteiger partial charge in [-0.25, -0.2) is 4.98 Å². The van der Waals surface area contributed by atoms with Gasteiger partial charge < -0.3 is 9.72 Å². The summed E-state index contributed by atoms with van der Waals surface area (Å²) in [6.45, 7) is 6.00. The Morgan fingerprint density at radius 2 is 2.00 bits per heavy atom. The molecule has 0 bridgehead atoms. The minimum Gasteiger partial charge on any atom is -0.496 e. The molecule has 2 rings (SSSR count). The van der Waals surface area contributed by atoms with E-state index in [2.05, 4.69) is 9.97 Å². The normalized spacial score (nSPS) is 9.43. The maximum atomic E-state index is 5.17. The lowest BCUT2D eigenvalue weighted by molar-refractivity contribution is 0.412. The SMILES string of the molecule is CC.COc1ccc2[nH]cnc2c1C. The minimum atomic E-state index is 0.884. The number of benzene rings is 1. The predicted octanol–water partition coefficient (Wildman–Crippen LogP) is 2.91. The summed E-state index contributed by atoms with van der Waals surface area (Å²) in [4.78, 5) is 7.24. The molecule has 0 saturated carbocycles. The van der Waals surface area contributed by atoms with Crippen molar-refractivity contribution < 1.29 is 4.74 Å². The van der Waals surface area contributed by atoms with E-state index in [9.17, 15) is 0 Å². The summed E-state index contributed by atoms with van der Waals surface area (Å²) in [5, 5.41) is 0. The number of aromatic amines is 1. The molecule has 0 aliphatic heterocycles. The second kappa shape index (κ2) is 4.65. The van der Waals surface area contributed by atoms with Crippen molar-refractivity contribution in [2.75, 3.05) is 7.11 Å². The predicted molar refractivity (Wildman–Crippen MR) is 58.7 cm³/mol. The highest BCUT2D eigenvalue weighted by Gasteiger charge is 2.04. The Morgan fingerprint density at radius 1 is 1.29 bits per heavy atom. The Morgan fingerprint density at radius 3 is 2.64 bits per heavy atom. The number of nitrogens with zero attached hydrogens (tertiary/aromatic N) is 1. The van der Waals surface area contributed by atoms with Crippen LogP contribution in [0.25, 0.3) is 11.0 Å². The van der Waals surface area contributed by atoms with E-state index in [1.807, 2.05) is 32.9 Å². The number of ether oxygens (including phenoxy) is 1. The van der Waals surface area contributed by atoms with Crippen LogP contribution in [0.5, 0.6) is 5.75 Å². The Labute approximate surface area is 84.1 Å². The average Bonchev–Trinajstić information content (AvgIpc) is 2.70. The summed E-state index contributed by atoms with van der Waals surface area (Å²) < 4.78 is 5.17. The van der Waals surface area contributed by atoms with E-state index in [-0.39, 0.29) is 0 Å². The molecule has 1 aromatic heterocycles. The van der Waals surface area contributed by atoms with Crippen LogP contribution in [0.15, 0.2) is 18.5 Å². The van der Waals surface area contributed by atoms with Gasteiger partial charge in [0, 0.05) is 5.56 Å². The molecule has 0 amide bonds. The molecule has 3 heteroatoms. The lowest BCUT2D eigenvalue weighted by Gasteiger charge is -2.03. The maximum absolute atomic E-state index is 5.17. The molecule has 0 unspecified atom stereocenters. The fraction of sp³-hybridized carbons (Fsp3) is 0.364. The molecule has 3 nitrogen and oxygen atoms in total. The molecule has 0 saturated heterocycles. The molecule has 1 aromatic carbocycles. The molecule has 0 atom stereocenters. The van der Waals surface area contributed by atoms with Crippen LogP contribution in [0.2, 0.25) is 0 Å². The molecule has 1 heterocycles. The van der Waals surface area contributed by atoms with Crippen LogP contribution in [-0.2, 0) is 0 Å². The van der Waals surface area contributed by atoms with Crippen molar-refractivity contribution in [2.24, 2.45) is 0 Å². The van der Waals surface area contributed by atoms with Gasteiger partial charge in [-0.1, -0.05) is 13.8 Å². The van der Waals surface area contributed by atoms with Crippen molar-refractivity contribution in [1.29, 1.82) is 0 Å². The molecule has 76 valence electrons. The third-order valence-electron chi connectivity index (χ3n) is 2.01. The fourth-order valence-corrected chi connectivity index (χ4v) is 1.35. The third-order valence-corrected chi connectivity index (χ3v) is 2.01. The number of nitrogens with one attached hydrogen (secondary N) is 1. The standard InChI is InChI=1S/C9H10N2O.C2H6/c1-6-8(12-2)4-3-7-9(6)11-5-10-7;1-2/h3-5H,1-2H3,(H,10,11);1-2H3. The lowest BCUT2D eigenvalue weighted by atomic mass is 10.2. The second-order valence-electron chi connectivity index (χ2n) is 2.69. The van der Waals surface area contributed by atoms with Crippen molar-refractivity contribution in [2.45, 2.75) is 20.8 Å². The van der Waals surface area contributed by atoms with E-state index >= 15 is 0 Å². The van der Waals surface area contributed by atoms with Gasteiger partial charge in [-0.3, -0.25) is 0 Å². The number of aryl methyl sites for hydroxylation is 1. The first-order valence-electron chi connectivity index (χ1n) is 4.79. The number of methoxy groups -OCH3 is 1. The summed E-state index contributed by atoms with van der Waals surface area (Å²) >= 11 is 0. The first kappa shape index (κ1) is 10.6. The molecule has 0 aliphatic rings. The highest BCUT2D eigenvalue weighted by molar-refractivity contribution is 5.80. The van der Waals surface area contributed by atoms with Crippen molar-refractivity contribution in [1.82, 2.24) is 9.97 Å². The van der Waals surface area contributed by atoms with Crippen LogP contribution in [-0.4, -0.2) is 17.1 Å². The summed E-state index contributed by atoms with van der Waals surface area (Å²) in [7, 11) is 1.67. The monoisotopic (exact) mass is 192 g/mol. The zero-order valence-corrected chi connectivity index (χ0v) is 9.09. The fourth-order valence-electron chi connectivity index (χ4n) is 1.35. The molecule has 0 fully saturated rings. The number of rotatable bonds is 1. The van der Waals surface area contributed by atoms with Gasteiger partial charge in [0.2, 0.25) is 0 Å². The molecular weight excluding hydrogens is 176 g/mol. The topological polar surface area (TPSA) is 37.9 Å².